The van der Waals surface area contributed by atoms with Gasteiger partial charge in [-0.25, -0.2) is 0 Å². The maximum atomic E-state index is 12.5. The number of guanidine groups is 1. The van der Waals surface area contributed by atoms with Crippen molar-refractivity contribution in [2.24, 2.45) is 34.0 Å². The summed E-state index contributed by atoms with van der Waals surface area (Å²) in [6.45, 7) is 7.43. The van der Waals surface area contributed by atoms with Crippen LogP contribution in [0.1, 0.15) is 47.0 Å². The van der Waals surface area contributed by atoms with Crippen molar-refractivity contribution in [2.45, 2.75) is 65.1 Å². The first-order chi connectivity index (χ1) is 12.5. The fourth-order valence-electron chi connectivity index (χ4n) is 2.24. The van der Waals surface area contributed by atoms with E-state index in [1.54, 1.807) is 27.7 Å². The number of nitrogens with two attached hydrogens (primary N) is 3. The lowest BCUT2D eigenvalue weighted by molar-refractivity contribution is -0.133. The van der Waals surface area contributed by atoms with Crippen molar-refractivity contribution in [2.75, 3.05) is 6.54 Å². The second-order valence-electron chi connectivity index (χ2n) is 7.22. The normalized spacial score (nSPS) is 14.3. The summed E-state index contributed by atoms with van der Waals surface area (Å²) in [6.07, 6.45) is -0.186. The molecule has 10 nitrogen and oxygen atoms in total. The number of amides is 3. The molecule has 0 radical (unpaired) electrons. The van der Waals surface area contributed by atoms with E-state index in [0.29, 0.717) is 13.0 Å². The minimum atomic E-state index is -0.897. The van der Waals surface area contributed by atoms with Gasteiger partial charge in [-0.15, -0.1) is 0 Å². The van der Waals surface area contributed by atoms with E-state index in [1.165, 1.54) is 0 Å². The molecule has 2 unspecified atom stereocenters. The molecule has 10 heteroatoms. The molecule has 0 aromatic heterocycles. The number of carbonyl (C=O) groups is 3. The average molecular weight is 386 g/mol. The molecule has 0 aliphatic carbocycles. The van der Waals surface area contributed by atoms with E-state index in [0.717, 1.165) is 0 Å². The molecule has 0 aliphatic rings. The van der Waals surface area contributed by atoms with Crippen molar-refractivity contribution >= 4 is 23.7 Å². The Bertz CT molecular complexity index is 532. The maximum Gasteiger partial charge on any atom is 0.243 e. The lowest BCUT2D eigenvalue weighted by Crippen LogP contribution is -2.55. The van der Waals surface area contributed by atoms with Crippen LogP contribution in [0.15, 0.2) is 4.99 Å². The zero-order valence-corrected chi connectivity index (χ0v) is 16.6. The van der Waals surface area contributed by atoms with Crippen LogP contribution in [0.2, 0.25) is 0 Å². The summed E-state index contributed by atoms with van der Waals surface area (Å²) in [4.78, 5) is 40.0. The third-order valence-corrected chi connectivity index (χ3v) is 4.03. The molecule has 0 heterocycles. The Morgan fingerprint density at radius 3 is 2.04 bits per heavy atom. The quantitative estimate of drug-likeness (QED) is 0.135. The Morgan fingerprint density at radius 1 is 1.00 bits per heavy atom. The van der Waals surface area contributed by atoms with Crippen LogP contribution in [0.3, 0.4) is 0 Å². The summed E-state index contributed by atoms with van der Waals surface area (Å²) in [6, 6.07) is -1.75. The molecule has 0 aromatic carbocycles. The number of carbonyl (C=O) groups excluding carboxylic acids is 3. The van der Waals surface area contributed by atoms with Gasteiger partial charge in [-0.3, -0.25) is 19.4 Å². The highest BCUT2D eigenvalue weighted by atomic mass is 16.3. The Labute approximate surface area is 160 Å². The Kier molecular flexibility index (Phi) is 11.0. The van der Waals surface area contributed by atoms with E-state index in [-0.39, 0.29) is 30.6 Å². The largest absolute Gasteiger partial charge is 0.392 e. The minimum absolute atomic E-state index is 0.0548. The summed E-state index contributed by atoms with van der Waals surface area (Å²) < 4.78 is 0. The van der Waals surface area contributed by atoms with Gasteiger partial charge in [0.05, 0.1) is 12.5 Å². The van der Waals surface area contributed by atoms with Crippen LogP contribution in [0.5, 0.6) is 0 Å². The number of rotatable bonds is 12. The number of nitrogens with zero attached hydrogens (tertiary/aromatic N) is 1. The Hall–Kier alpha value is -2.36. The molecule has 3 amide bonds. The topological polar surface area (TPSA) is 186 Å². The van der Waals surface area contributed by atoms with E-state index in [9.17, 15) is 19.5 Å². The fourth-order valence-corrected chi connectivity index (χ4v) is 2.24. The van der Waals surface area contributed by atoms with Gasteiger partial charge in [0, 0.05) is 6.54 Å². The standard InChI is InChI=1S/C17H34N6O4/c1-9(2)12(24)8-13(25)23-14(10(3)4)16(27)22-11(15(18)26)6-5-7-21-17(19)20/h9-12,14,24H,5-8H2,1-4H3,(H2,18,26)(H,22,27)(H,23,25)(H4,19,20,21)/t11?,12?,14-/m0/s1. The number of aliphatic hydroxyl groups excluding tert-OH is 1. The Morgan fingerprint density at radius 2 is 1.59 bits per heavy atom. The van der Waals surface area contributed by atoms with E-state index in [4.69, 9.17) is 17.2 Å². The molecule has 0 fully saturated rings. The van der Waals surface area contributed by atoms with Crippen LogP contribution in [0, 0.1) is 11.8 Å². The molecule has 0 saturated carbocycles. The van der Waals surface area contributed by atoms with Crippen LogP contribution in [-0.2, 0) is 14.4 Å². The van der Waals surface area contributed by atoms with Crippen LogP contribution in [0.25, 0.3) is 0 Å². The van der Waals surface area contributed by atoms with Gasteiger partial charge in [-0.1, -0.05) is 27.7 Å². The number of hydrogen-bond donors (Lipinski definition) is 6. The number of aliphatic imine (C=N–C) groups is 1. The first kappa shape index (κ1) is 24.6. The van der Waals surface area contributed by atoms with Crippen molar-refractivity contribution in [3.63, 3.8) is 0 Å². The highest BCUT2D eigenvalue weighted by molar-refractivity contribution is 5.91. The first-order valence-corrected chi connectivity index (χ1v) is 9.08. The third kappa shape index (κ3) is 10.4. The van der Waals surface area contributed by atoms with Crippen LogP contribution in [0.4, 0.5) is 0 Å². The second-order valence-corrected chi connectivity index (χ2v) is 7.22. The molecule has 0 rings (SSSR count). The summed E-state index contributed by atoms with van der Waals surface area (Å²) in [5.74, 6) is -1.98. The summed E-state index contributed by atoms with van der Waals surface area (Å²) in [5, 5.41) is 15.0. The lowest BCUT2D eigenvalue weighted by Gasteiger charge is -2.25. The van der Waals surface area contributed by atoms with E-state index >= 15 is 0 Å². The van der Waals surface area contributed by atoms with E-state index in [1.807, 2.05) is 0 Å². The molecule has 156 valence electrons. The predicted molar refractivity (Wildman–Crippen MR) is 103 cm³/mol. The first-order valence-electron chi connectivity index (χ1n) is 9.08. The SMILES string of the molecule is CC(C)C(O)CC(=O)N[C@H](C(=O)NC(CCCN=C(N)N)C(N)=O)C(C)C. The van der Waals surface area contributed by atoms with Crippen LogP contribution >= 0.6 is 0 Å². The number of nitrogens with one attached hydrogen (secondary N) is 2. The molecule has 0 aromatic rings. The third-order valence-electron chi connectivity index (χ3n) is 4.03. The van der Waals surface area contributed by atoms with Gasteiger partial charge >= 0.3 is 0 Å². The van der Waals surface area contributed by atoms with Gasteiger partial charge in [0.25, 0.3) is 0 Å². The maximum absolute atomic E-state index is 12.5. The lowest BCUT2D eigenvalue weighted by atomic mass is 10.0. The van der Waals surface area contributed by atoms with Gasteiger partial charge in [-0.2, -0.15) is 0 Å². The average Bonchev–Trinajstić information content (AvgIpc) is 2.54. The molecule has 0 spiro atoms. The van der Waals surface area contributed by atoms with Crippen LogP contribution in [-0.4, -0.2) is 53.5 Å². The minimum Gasteiger partial charge on any atom is -0.392 e. The number of hydrogen-bond acceptors (Lipinski definition) is 5. The van der Waals surface area contributed by atoms with Gasteiger partial charge in [-0.05, 0) is 24.7 Å². The molecule has 0 bridgehead atoms. The zero-order valence-electron chi connectivity index (χ0n) is 16.6. The predicted octanol–water partition coefficient (Wildman–Crippen LogP) is -1.44. The second kappa shape index (κ2) is 12.1. The van der Waals surface area contributed by atoms with Crippen molar-refractivity contribution < 1.29 is 19.5 Å². The van der Waals surface area contributed by atoms with E-state index in [2.05, 4.69) is 15.6 Å². The summed E-state index contributed by atoms with van der Waals surface area (Å²) in [7, 11) is 0. The molecule has 9 N–H and O–H groups in total. The molecule has 27 heavy (non-hydrogen) atoms. The van der Waals surface area contributed by atoms with Crippen LogP contribution < -0.4 is 27.8 Å². The molecular weight excluding hydrogens is 352 g/mol. The monoisotopic (exact) mass is 386 g/mol. The van der Waals surface area contributed by atoms with Gasteiger partial charge in [0.2, 0.25) is 17.7 Å². The molecule has 0 aliphatic heterocycles. The summed E-state index contributed by atoms with van der Waals surface area (Å²) in [5.41, 5.74) is 15.8. The molecule has 3 atom stereocenters. The van der Waals surface area contributed by atoms with E-state index < -0.39 is 35.9 Å². The summed E-state index contributed by atoms with van der Waals surface area (Å²) >= 11 is 0. The van der Waals surface area contributed by atoms with Crippen molar-refractivity contribution in [1.82, 2.24) is 10.6 Å². The van der Waals surface area contributed by atoms with Gasteiger partial charge < -0.3 is 32.9 Å². The van der Waals surface area contributed by atoms with Crippen molar-refractivity contribution in [1.29, 1.82) is 0 Å². The van der Waals surface area contributed by atoms with Crippen molar-refractivity contribution in [3.8, 4) is 0 Å². The highest BCUT2D eigenvalue weighted by Crippen LogP contribution is 2.08. The Balaban J connectivity index is 4.84. The smallest absolute Gasteiger partial charge is 0.243 e. The number of primary amides is 1. The van der Waals surface area contributed by atoms with Gasteiger partial charge in [0.1, 0.15) is 12.1 Å². The van der Waals surface area contributed by atoms with Gasteiger partial charge in [0.15, 0.2) is 5.96 Å². The molecular formula is C17H34N6O4. The van der Waals surface area contributed by atoms with Crippen molar-refractivity contribution in [3.05, 3.63) is 0 Å². The highest BCUT2D eigenvalue weighted by Gasteiger charge is 2.28. The zero-order chi connectivity index (χ0) is 21.1. The molecule has 0 saturated heterocycles. The fraction of sp³-hybridized carbons (Fsp3) is 0.765. The number of aliphatic hydroxyl groups is 1.